The van der Waals surface area contributed by atoms with Crippen LogP contribution in [0.15, 0.2) is 16.5 Å². The smallest absolute Gasteiger partial charge is 0.303 e. The van der Waals surface area contributed by atoms with Crippen LogP contribution in [0, 0.1) is 5.92 Å². The normalized spacial score (nSPS) is 20.6. The Labute approximate surface area is 114 Å². The van der Waals surface area contributed by atoms with Crippen LogP contribution in [0.3, 0.4) is 0 Å². The third-order valence-electron chi connectivity index (χ3n) is 3.81. The van der Waals surface area contributed by atoms with E-state index in [0.717, 1.165) is 56.8 Å². The minimum absolute atomic E-state index is 0.291. The number of aryl methyl sites for hydroxylation is 1. The first-order valence-corrected chi connectivity index (χ1v) is 7.19. The van der Waals surface area contributed by atoms with Gasteiger partial charge >= 0.3 is 5.97 Å². The van der Waals surface area contributed by atoms with E-state index >= 15 is 0 Å². The van der Waals surface area contributed by atoms with Crippen molar-refractivity contribution in [1.29, 1.82) is 0 Å². The molecule has 0 aliphatic carbocycles. The number of carbonyl (C=O) groups is 1. The van der Waals surface area contributed by atoms with Crippen LogP contribution < -0.4 is 0 Å². The molecule has 1 aromatic rings. The predicted molar refractivity (Wildman–Crippen MR) is 73.0 cm³/mol. The Bertz CT molecular complexity index is 413. The van der Waals surface area contributed by atoms with Crippen molar-refractivity contribution in [2.45, 2.75) is 45.6 Å². The van der Waals surface area contributed by atoms with E-state index in [4.69, 9.17) is 9.52 Å². The second kappa shape index (κ2) is 6.75. The quantitative estimate of drug-likeness (QED) is 0.859. The summed E-state index contributed by atoms with van der Waals surface area (Å²) in [7, 11) is 0. The Morgan fingerprint density at radius 3 is 2.95 bits per heavy atom. The van der Waals surface area contributed by atoms with E-state index < -0.39 is 5.97 Å². The summed E-state index contributed by atoms with van der Waals surface area (Å²) in [5.74, 6) is 1.89. The Morgan fingerprint density at radius 1 is 1.47 bits per heavy atom. The van der Waals surface area contributed by atoms with Gasteiger partial charge in [0.1, 0.15) is 11.5 Å². The molecule has 0 bridgehead atoms. The molecule has 2 heterocycles. The highest BCUT2D eigenvalue weighted by Crippen LogP contribution is 2.23. The van der Waals surface area contributed by atoms with E-state index in [1.54, 1.807) is 0 Å². The maximum atomic E-state index is 10.6. The molecule has 4 heteroatoms. The number of furan rings is 1. The van der Waals surface area contributed by atoms with Gasteiger partial charge in [0.25, 0.3) is 0 Å². The van der Waals surface area contributed by atoms with Crippen molar-refractivity contribution in [3.05, 3.63) is 23.7 Å². The highest BCUT2D eigenvalue weighted by Gasteiger charge is 2.21. The average Bonchev–Trinajstić information content (AvgIpc) is 2.84. The number of rotatable bonds is 6. The summed E-state index contributed by atoms with van der Waals surface area (Å²) in [6.45, 7) is 5.02. The second-order valence-corrected chi connectivity index (χ2v) is 5.40. The van der Waals surface area contributed by atoms with Gasteiger partial charge in [0.05, 0.1) is 6.54 Å². The minimum atomic E-state index is -0.684. The molecule has 1 atom stereocenters. The van der Waals surface area contributed by atoms with E-state index in [-0.39, 0.29) is 0 Å². The molecule has 4 nitrogen and oxygen atoms in total. The van der Waals surface area contributed by atoms with E-state index in [1.165, 1.54) is 0 Å². The van der Waals surface area contributed by atoms with Crippen LogP contribution in [0.5, 0.6) is 0 Å². The monoisotopic (exact) mass is 265 g/mol. The third-order valence-corrected chi connectivity index (χ3v) is 3.81. The Balaban J connectivity index is 1.81. The average molecular weight is 265 g/mol. The van der Waals surface area contributed by atoms with Gasteiger partial charge in [0.2, 0.25) is 0 Å². The van der Waals surface area contributed by atoms with Gasteiger partial charge in [-0.1, -0.05) is 6.92 Å². The van der Waals surface area contributed by atoms with Crippen molar-refractivity contribution in [3.63, 3.8) is 0 Å². The molecule has 1 N–H and O–H groups in total. The number of piperidine rings is 1. The van der Waals surface area contributed by atoms with Crippen LogP contribution in [0.1, 0.15) is 44.1 Å². The largest absolute Gasteiger partial charge is 0.481 e. The summed E-state index contributed by atoms with van der Waals surface area (Å²) < 4.78 is 5.73. The molecule has 0 amide bonds. The lowest BCUT2D eigenvalue weighted by molar-refractivity contribution is -0.137. The van der Waals surface area contributed by atoms with Gasteiger partial charge < -0.3 is 9.52 Å². The molecule has 1 unspecified atom stereocenters. The number of nitrogens with zero attached hydrogens (tertiary/aromatic N) is 1. The molecule has 1 fully saturated rings. The first kappa shape index (κ1) is 14.1. The molecule has 1 aliphatic rings. The molecular weight excluding hydrogens is 242 g/mol. The predicted octanol–water partition coefficient (Wildman–Crippen LogP) is 2.92. The van der Waals surface area contributed by atoms with Crippen molar-refractivity contribution in [1.82, 2.24) is 4.90 Å². The van der Waals surface area contributed by atoms with Gasteiger partial charge in [-0.15, -0.1) is 0 Å². The number of carboxylic acids is 1. The molecule has 0 aromatic carbocycles. The molecule has 1 aliphatic heterocycles. The Morgan fingerprint density at radius 2 is 2.26 bits per heavy atom. The summed E-state index contributed by atoms with van der Waals surface area (Å²) in [6, 6.07) is 4.10. The van der Waals surface area contributed by atoms with Crippen molar-refractivity contribution in [2.75, 3.05) is 13.1 Å². The first-order valence-electron chi connectivity index (χ1n) is 7.19. The van der Waals surface area contributed by atoms with Gasteiger partial charge in [0, 0.05) is 19.4 Å². The van der Waals surface area contributed by atoms with E-state index in [0.29, 0.717) is 12.3 Å². The topological polar surface area (TPSA) is 53.7 Å². The standard InChI is InChI=1S/C15H23NO3/c1-2-13-6-7-14(19-13)11-16-9-3-4-12(10-16)5-8-15(17)18/h6-7,12H,2-5,8-11H2,1H3,(H,17,18). The molecule has 106 valence electrons. The maximum absolute atomic E-state index is 10.6. The van der Waals surface area contributed by atoms with Crippen LogP contribution >= 0.6 is 0 Å². The summed E-state index contributed by atoms with van der Waals surface area (Å²) in [6.07, 6.45) is 4.33. The van der Waals surface area contributed by atoms with Gasteiger partial charge in [-0.25, -0.2) is 0 Å². The zero-order chi connectivity index (χ0) is 13.7. The molecule has 0 spiro atoms. The molecule has 0 saturated carbocycles. The van der Waals surface area contributed by atoms with Gasteiger partial charge in [-0.3, -0.25) is 9.69 Å². The van der Waals surface area contributed by atoms with Crippen LogP contribution in [0.2, 0.25) is 0 Å². The summed E-state index contributed by atoms with van der Waals surface area (Å²) in [4.78, 5) is 13.0. The van der Waals surface area contributed by atoms with Gasteiger partial charge in [-0.2, -0.15) is 0 Å². The zero-order valence-electron chi connectivity index (χ0n) is 11.6. The molecule has 1 aromatic heterocycles. The van der Waals surface area contributed by atoms with Crippen LogP contribution in [-0.4, -0.2) is 29.1 Å². The zero-order valence-corrected chi connectivity index (χ0v) is 11.6. The van der Waals surface area contributed by atoms with Crippen LogP contribution in [0.25, 0.3) is 0 Å². The minimum Gasteiger partial charge on any atom is -0.481 e. The Hall–Kier alpha value is -1.29. The summed E-state index contributed by atoms with van der Waals surface area (Å²) in [5, 5.41) is 8.75. The lowest BCUT2D eigenvalue weighted by Crippen LogP contribution is -2.35. The SMILES string of the molecule is CCc1ccc(CN2CCCC(CCC(=O)O)C2)o1. The number of carboxylic acid groups (broad SMARTS) is 1. The van der Waals surface area contributed by atoms with Crippen molar-refractivity contribution in [3.8, 4) is 0 Å². The summed E-state index contributed by atoms with van der Waals surface area (Å²) in [5.41, 5.74) is 0. The number of hydrogen-bond acceptors (Lipinski definition) is 3. The fraction of sp³-hybridized carbons (Fsp3) is 0.667. The van der Waals surface area contributed by atoms with Crippen molar-refractivity contribution >= 4 is 5.97 Å². The summed E-state index contributed by atoms with van der Waals surface area (Å²) >= 11 is 0. The number of likely N-dealkylation sites (tertiary alicyclic amines) is 1. The second-order valence-electron chi connectivity index (χ2n) is 5.40. The molecular formula is C15H23NO3. The molecule has 0 radical (unpaired) electrons. The lowest BCUT2D eigenvalue weighted by Gasteiger charge is -2.31. The number of aliphatic carboxylic acids is 1. The fourth-order valence-corrected chi connectivity index (χ4v) is 2.78. The molecule has 1 saturated heterocycles. The van der Waals surface area contributed by atoms with Gasteiger partial charge in [-0.05, 0) is 43.9 Å². The Kier molecular flexibility index (Phi) is 5.02. The van der Waals surface area contributed by atoms with E-state index in [9.17, 15) is 4.79 Å². The van der Waals surface area contributed by atoms with Crippen molar-refractivity contribution in [2.24, 2.45) is 5.92 Å². The van der Waals surface area contributed by atoms with Crippen LogP contribution in [0.4, 0.5) is 0 Å². The third kappa shape index (κ3) is 4.39. The molecule has 2 rings (SSSR count). The van der Waals surface area contributed by atoms with Gasteiger partial charge in [0.15, 0.2) is 0 Å². The maximum Gasteiger partial charge on any atom is 0.303 e. The van der Waals surface area contributed by atoms with Crippen LogP contribution in [-0.2, 0) is 17.8 Å². The molecule has 19 heavy (non-hydrogen) atoms. The fourth-order valence-electron chi connectivity index (χ4n) is 2.78. The highest BCUT2D eigenvalue weighted by atomic mass is 16.4. The first-order chi connectivity index (χ1) is 9.17. The van der Waals surface area contributed by atoms with Crippen molar-refractivity contribution < 1.29 is 14.3 Å². The van der Waals surface area contributed by atoms with E-state index in [1.807, 2.05) is 6.07 Å². The number of hydrogen-bond donors (Lipinski definition) is 1. The lowest BCUT2D eigenvalue weighted by atomic mass is 9.93. The highest BCUT2D eigenvalue weighted by molar-refractivity contribution is 5.66. The van der Waals surface area contributed by atoms with E-state index in [2.05, 4.69) is 17.9 Å².